The lowest BCUT2D eigenvalue weighted by molar-refractivity contribution is -0.126. The van der Waals surface area contributed by atoms with E-state index in [1.165, 1.54) is 14.2 Å². The van der Waals surface area contributed by atoms with E-state index in [-0.39, 0.29) is 30.2 Å². The highest BCUT2D eigenvalue weighted by atomic mass is 35.5. The Morgan fingerprint density at radius 3 is 2.52 bits per heavy atom. The number of hydrogen-bond acceptors (Lipinski definition) is 4. The third-order valence-corrected chi connectivity index (χ3v) is 5.24. The van der Waals surface area contributed by atoms with Gasteiger partial charge in [0.05, 0.1) is 30.8 Å². The Balaban J connectivity index is 1.77. The first-order valence-electron chi connectivity index (χ1n) is 8.55. The first-order valence-corrected chi connectivity index (χ1v) is 8.93. The first kappa shape index (κ1) is 17.9. The van der Waals surface area contributed by atoms with Gasteiger partial charge in [-0.15, -0.1) is 0 Å². The van der Waals surface area contributed by atoms with E-state index in [0.717, 1.165) is 25.7 Å². The molecule has 2 amide bonds. The maximum Gasteiger partial charge on any atom is 0.227 e. The summed E-state index contributed by atoms with van der Waals surface area (Å²) in [4.78, 5) is 26.6. The minimum Gasteiger partial charge on any atom is -0.495 e. The van der Waals surface area contributed by atoms with Crippen molar-refractivity contribution in [2.24, 2.45) is 5.92 Å². The van der Waals surface area contributed by atoms with Crippen LogP contribution >= 0.6 is 11.6 Å². The Bertz CT molecular complexity index is 673. The van der Waals surface area contributed by atoms with Gasteiger partial charge in [-0.25, -0.2) is 0 Å². The molecule has 0 radical (unpaired) electrons. The van der Waals surface area contributed by atoms with Crippen LogP contribution in [-0.4, -0.2) is 38.6 Å². The van der Waals surface area contributed by atoms with E-state index < -0.39 is 0 Å². The fraction of sp³-hybridized carbons (Fsp3) is 0.556. The smallest absolute Gasteiger partial charge is 0.227 e. The summed E-state index contributed by atoms with van der Waals surface area (Å²) in [6.07, 6.45) is 4.56. The van der Waals surface area contributed by atoms with Gasteiger partial charge in [-0.3, -0.25) is 9.59 Å². The van der Waals surface area contributed by atoms with Crippen molar-refractivity contribution >= 4 is 29.1 Å². The largest absolute Gasteiger partial charge is 0.495 e. The Morgan fingerprint density at radius 2 is 1.88 bits per heavy atom. The number of carbonyl (C=O) groups excluding carboxylic acids is 2. The zero-order chi connectivity index (χ0) is 18.0. The molecule has 1 unspecified atom stereocenters. The molecule has 6 nitrogen and oxygen atoms in total. The van der Waals surface area contributed by atoms with Gasteiger partial charge in [0.1, 0.15) is 11.5 Å². The second-order valence-corrected chi connectivity index (χ2v) is 6.96. The Morgan fingerprint density at radius 1 is 1.20 bits per heavy atom. The fourth-order valence-electron chi connectivity index (χ4n) is 3.56. The van der Waals surface area contributed by atoms with Gasteiger partial charge in [-0.1, -0.05) is 24.4 Å². The monoisotopic (exact) mass is 366 g/mol. The summed E-state index contributed by atoms with van der Waals surface area (Å²) >= 11 is 6.13. The molecule has 1 N–H and O–H groups in total. The Kier molecular flexibility index (Phi) is 5.37. The highest BCUT2D eigenvalue weighted by Crippen LogP contribution is 2.40. The summed E-state index contributed by atoms with van der Waals surface area (Å²) in [6, 6.07) is 3.55. The molecule has 1 saturated carbocycles. The Labute approximate surface area is 152 Å². The molecule has 3 rings (SSSR count). The normalized spacial score (nSPS) is 20.8. The van der Waals surface area contributed by atoms with Gasteiger partial charge in [-0.05, 0) is 12.8 Å². The number of hydrogen-bond donors (Lipinski definition) is 1. The van der Waals surface area contributed by atoms with Crippen LogP contribution in [0.25, 0.3) is 0 Å². The average Bonchev–Trinajstić information content (AvgIpc) is 3.24. The summed E-state index contributed by atoms with van der Waals surface area (Å²) < 4.78 is 10.6. The number of nitrogens with one attached hydrogen (secondary N) is 1. The highest BCUT2D eigenvalue weighted by molar-refractivity contribution is 6.32. The quantitative estimate of drug-likeness (QED) is 0.870. The lowest BCUT2D eigenvalue weighted by Gasteiger charge is -2.21. The van der Waals surface area contributed by atoms with Crippen molar-refractivity contribution in [1.82, 2.24) is 5.32 Å². The maximum absolute atomic E-state index is 12.5. The molecule has 1 aromatic carbocycles. The van der Waals surface area contributed by atoms with Crippen LogP contribution in [0.5, 0.6) is 11.5 Å². The predicted molar refractivity (Wildman–Crippen MR) is 95.4 cm³/mol. The van der Waals surface area contributed by atoms with Crippen LogP contribution in [0.3, 0.4) is 0 Å². The third-order valence-electron chi connectivity index (χ3n) is 4.94. The van der Waals surface area contributed by atoms with Crippen molar-refractivity contribution in [2.75, 3.05) is 25.7 Å². The van der Waals surface area contributed by atoms with Gasteiger partial charge < -0.3 is 19.7 Å². The number of anilines is 1. The molecule has 25 heavy (non-hydrogen) atoms. The molecule has 0 bridgehead atoms. The number of nitrogens with zero attached hydrogens (tertiary/aromatic N) is 1. The van der Waals surface area contributed by atoms with Crippen molar-refractivity contribution in [3.05, 3.63) is 17.2 Å². The molecule has 1 aromatic rings. The minimum absolute atomic E-state index is 0.0392. The second-order valence-electron chi connectivity index (χ2n) is 6.55. The first-order chi connectivity index (χ1) is 12.0. The molecule has 1 atom stereocenters. The van der Waals surface area contributed by atoms with Gasteiger partial charge in [0.2, 0.25) is 11.8 Å². The zero-order valence-electron chi connectivity index (χ0n) is 14.5. The summed E-state index contributed by atoms with van der Waals surface area (Å²) in [7, 11) is 3.04. The molecule has 7 heteroatoms. The number of benzene rings is 1. The molecule has 1 aliphatic carbocycles. The van der Waals surface area contributed by atoms with Crippen LogP contribution in [0.15, 0.2) is 12.1 Å². The predicted octanol–water partition coefficient (Wildman–Crippen LogP) is 2.77. The van der Waals surface area contributed by atoms with Gasteiger partial charge >= 0.3 is 0 Å². The lowest BCUT2D eigenvalue weighted by Crippen LogP contribution is -2.38. The highest BCUT2D eigenvalue weighted by Gasteiger charge is 2.37. The average molecular weight is 367 g/mol. The summed E-state index contributed by atoms with van der Waals surface area (Å²) in [5, 5.41) is 3.49. The molecular formula is C18H23ClN2O4. The van der Waals surface area contributed by atoms with Crippen molar-refractivity contribution in [3.8, 4) is 11.5 Å². The second kappa shape index (κ2) is 7.52. The summed E-state index contributed by atoms with van der Waals surface area (Å²) in [6.45, 7) is 0.332. The number of rotatable bonds is 5. The van der Waals surface area contributed by atoms with Gasteiger partial charge in [0, 0.05) is 31.1 Å². The van der Waals surface area contributed by atoms with E-state index >= 15 is 0 Å². The van der Waals surface area contributed by atoms with E-state index in [4.69, 9.17) is 21.1 Å². The molecule has 1 heterocycles. The molecule has 2 fully saturated rings. The van der Waals surface area contributed by atoms with Crippen LogP contribution in [0.1, 0.15) is 32.1 Å². The molecule has 0 aromatic heterocycles. The zero-order valence-corrected chi connectivity index (χ0v) is 15.3. The number of ether oxygens (including phenoxy) is 2. The van der Waals surface area contributed by atoms with Crippen molar-refractivity contribution < 1.29 is 19.1 Å². The summed E-state index contributed by atoms with van der Waals surface area (Å²) in [5.74, 6) is 0.455. The van der Waals surface area contributed by atoms with E-state index in [1.54, 1.807) is 17.0 Å². The molecular weight excluding hydrogens is 344 g/mol. The molecule has 0 spiro atoms. The Hall–Kier alpha value is -1.95. The minimum atomic E-state index is -0.348. The van der Waals surface area contributed by atoms with E-state index in [9.17, 15) is 9.59 Å². The van der Waals surface area contributed by atoms with Crippen molar-refractivity contribution in [1.29, 1.82) is 0 Å². The SMILES string of the molecule is COc1cc(N2CC(C(=O)NC3CCCC3)CC2=O)c(OC)cc1Cl. The van der Waals surface area contributed by atoms with E-state index in [2.05, 4.69) is 5.32 Å². The third kappa shape index (κ3) is 3.68. The van der Waals surface area contributed by atoms with Crippen LogP contribution in [-0.2, 0) is 9.59 Å². The van der Waals surface area contributed by atoms with Crippen LogP contribution < -0.4 is 19.7 Å². The number of halogens is 1. The molecule has 136 valence electrons. The molecule has 1 aliphatic heterocycles. The van der Waals surface area contributed by atoms with Crippen LogP contribution in [0.4, 0.5) is 5.69 Å². The van der Waals surface area contributed by atoms with Crippen molar-refractivity contribution in [2.45, 2.75) is 38.1 Å². The topological polar surface area (TPSA) is 67.9 Å². The van der Waals surface area contributed by atoms with Crippen LogP contribution in [0, 0.1) is 5.92 Å². The lowest BCUT2D eigenvalue weighted by atomic mass is 10.1. The number of amides is 2. The van der Waals surface area contributed by atoms with Crippen molar-refractivity contribution in [3.63, 3.8) is 0 Å². The maximum atomic E-state index is 12.5. The van der Waals surface area contributed by atoms with E-state index in [1.807, 2.05) is 0 Å². The van der Waals surface area contributed by atoms with Gasteiger partial charge in [0.25, 0.3) is 0 Å². The standard InChI is InChI=1S/C18H23ClN2O4/c1-24-15-9-14(16(25-2)8-13(15)19)21-10-11(7-17(21)22)18(23)20-12-5-3-4-6-12/h8-9,11-12H,3-7,10H2,1-2H3,(H,20,23). The van der Waals surface area contributed by atoms with E-state index in [0.29, 0.717) is 28.8 Å². The fourth-order valence-corrected chi connectivity index (χ4v) is 3.79. The summed E-state index contributed by atoms with van der Waals surface area (Å²) in [5.41, 5.74) is 0.574. The van der Waals surface area contributed by atoms with Crippen LogP contribution in [0.2, 0.25) is 5.02 Å². The molecule has 1 saturated heterocycles. The number of methoxy groups -OCH3 is 2. The number of carbonyl (C=O) groups is 2. The van der Waals surface area contributed by atoms with Gasteiger partial charge in [0.15, 0.2) is 0 Å². The van der Waals surface area contributed by atoms with Gasteiger partial charge in [-0.2, -0.15) is 0 Å². The molecule has 2 aliphatic rings.